The van der Waals surface area contributed by atoms with E-state index in [1.54, 1.807) is 6.20 Å². The molecule has 1 heterocycles. The molecule has 1 aromatic heterocycles. The van der Waals surface area contributed by atoms with Crippen LogP contribution in [0.25, 0.3) is 12.2 Å². The first-order chi connectivity index (χ1) is 9.02. The fraction of sp³-hybridized carbons (Fsp3) is 0.467. The molecule has 0 aromatic carbocycles. The van der Waals surface area contributed by atoms with Crippen LogP contribution in [-0.4, -0.2) is 21.8 Å². The van der Waals surface area contributed by atoms with Crippen LogP contribution in [-0.2, 0) is 4.74 Å². The monoisotopic (exact) mass is 260 g/mol. The van der Waals surface area contributed by atoms with Crippen molar-refractivity contribution in [2.24, 2.45) is 0 Å². The molecule has 0 unspecified atom stereocenters. The molecular weight excluding hydrogens is 240 g/mol. The first kappa shape index (κ1) is 13.6. The van der Waals surface area contributed by atoms with Crippen molar-refractivity contribution in [2.75, 3.05) is 0 Å². The first-order valence-electron chi connectivity index (χ1n) is 6.68. The van der Waals surface area contributed by atoms with Crippen molar-refractivity contribution in [1.82, 2.24) is 9.78 Å². The number of nitrogens with zero attached hydrogens (tertiary/aromatic N) is 2. The number of allylic oxidation sites excluding steroid dienone is 2. The Morgan fingerprint density at radius 2 is 2.26 bits per heavy atom. The number of aromatic nitrogens is 2. The number of hydrogen-bond acceptors (Lipinski definition) is 3. The second-order valence-corrected chi connectivity index (χ2v) is 4.96. The zero-order chi connectivity index (χ0) is 14.0. The molecule has 0 spiro atoms. The zero-order valence-corrected chi connectivity index (χ0v) is 11.9. The van der Waals surface area contributed by atoms with E-state index in [0.29, 0.717) is 0 Å². The fourth-order valence-corrected chi connectivity index (χ4v) is 2.19. The van der Waals surface area contributed by atoms with Crippen LogP contribution in [0.5, 0.6) is 0 Å². The summed E-state index contributed by atoms with van der Waals surface area (Å²) in [6, 6.07) is 0. The van der Waals surface area contributed by atoms with Crippen molar-refractivity contribution in [3.8, 4) is 0 Å². The Hall–Kier alpha value is -1.84. The van der Waals surface area contributed by atoms with Crippen LogP contribution in [0.2, 0.25) is 0 Å². The van der Waals surface area contributed by atoms with E-state index >= 15 is 0 Å². The summed E-state index contributed by atoms with van der Waals surface area (Å²) in [5, 5.41) is 5.93. The summed E-state index contributed by atoms with van der Waals surface area (Å²) < 4.78 is 7.33. The lowest BCUT2D eigenvalue weighted by Gasteiger charge is -2.14. The second kappa shape index (κ2) is 5.43. The van der Waals surface area contributed by atoms with Crippen LogP contribution in [0.1, 0.15) is 45.3 Å². The van der Waals surface area contributed by atoms with E-state index < -0.39 is 0 Å². The van der Waals surface area contributed by atoms with E-state index in [-0.39, 0.29) is 12.0 Å². The molecular formula is C15H20N2O2. The largest absolute Gasteiger partial charge is 0.491 e. The molecule has 1 aliphatic carbocycles. The number of rotatable bonds is 3. The zero-order valence-electron chi connectivity index (χ0n) is 11.9. The highest BCUT2D eigenvalue weighted by atomic mass is 16.5. The van der Waals surface area contributed by atoms with Crippen LogP contribution in [0.15, 0.2) is 17.5 Å². The Balaban J connectivity index is 2.56. The Labute approximate surface area is 113 Å². The molecule has 0 bridgehead atoms. The van der Waals surface area contributed by atoms with Gasteiger partial charge in [-0.1, -0.05) is 13.0 Å². The minimum atomic E-state index is -0.0721. The summed E-state index contributed by atoms with van der Waals surface area (Å²) in [7, 11) is 0. The van der Waals surface area contributed by atoms with E-state index in [2.05, 4.69) is 18.1 Å². The number of carbonyl (C=O) groups excluding carboxylic acids is 1. The van der Waals surface area contributed by atoms with Crippen LogP contribution >= 0.6 is 0 Å². The molecule has 0 radical (unpaired) electrons. The average Bonchev–Trinajstić information content (AvgIpc) is 2.65. The van der Waals surface area contributed by atoms with Gasteiger partial charge in [-0.15, -0.1) is 0 Å². The topological polar surface area (TPSA) is 44.1 Å². The van der Waals surface area contributed by atoms with Gasteiger partial charge in [-0.05, 0) is 38.3 Å². The molecule has 2 rings (SSSR count). The number of carbonyl (C=O) groups is 1. The number of fused-ring (bicyclic) bond motifs is 1. The molecule has 0 N–H and O–H groups in total. The third kappa shape index (κ3) is 2.78. The molecule has 0 fully saturated rings. The van der Waals surface area contributed by atoms with Crippen molar-refractivity contribution in [1.29, 1.82) is 0 Å². The van der Waals surface area contributed by atoms with Crippen molar-refractivity contribution < 1.29 is 9.53 Å². The van der Waals surface area contributed by atoms with Gasteiger partial charge < -0.3 is 4.74 Å². The summed E-state index contributed by atoms with van der Waals surface area (Å²) in [5.74, 6) is 0.841. The van der Waals surface area contributed by atoms with Gasteiger partial charge in [0.1, 0.15) is 5.76 Å². The molecule has 102 valence electrons. The molecule has 1 aliphatic rings. The molecule has 0 amide bonds. The quantitative estimate of drug-likeness (QED) is 0.829. The van der Waals surface area contributed by atoms with Gasteiger partial charge in [0.25, 0.3) is 0 Å². The van der Waals surface area contributed by atoms with E-state index in [9.17, 15) is 4.79 Å². The molecule has 0 saturated carbocycles. The van der Waals surface area contributed by atoms with Gasteiger partial charge in [-0.25, -0.2) is 4.68 Å². The maximum atomic E-state index is 11.5. The first-order valence-corrected chi connectivity index (χ1v) is 6.68. The van der Waals surface area contributed by atoms with Crippen molar-refractivity contribution in [3.63, 3.8) is 0 Å². The molecule has 0 aliphatic heterocycles. The number of ether oxygens (including phenoxy) is 1. The summed E-state index contributed by atoms with van der Waals surface area (Å²) in [6.45, 7) is 7.67. The predicted molar refractivity (Wildman–Crippen MR) is 74.9 cm³/mol. The standard InChI is InChI=1S/C15H20N2O2/c1-5-12-6-7-14-13(8-15(12)19-10(2)3)9-16-17(14)11(4)18/h7-10H,5-6H2,1-4H3. The van der Waals surface area contributed by atoms with Crippen LogP contribution in [0.4, 0.5) is 0 Å². The van der Waals surface area contributed by atoms with Gasteiger partial charge in [-0.3, -0.25) is 4.79 Å². The highest BCUT2D eigenvalue weighted by Gasteiger charge is 2.11. The predicted octanol–water partition coefficient (Wildman–Crippen LogP) is 1.60. The Morgan fingerprint density at radius 1 is 1.53 bits per heavy atom. The van der Waals surface area contributed by atoms with E-state index in [4.69, 9.17) is 4.74 Å². The van der Waals surface area contributed by atoms with Crippen LogP contribution in [0, 0.1) is 0 Å². The van der Waals surface area contributed by atoms with Gasteiger partial charge in [0, 0.05) is 12.1 Å². The maximum absolute atomic E-state index is 11.5. The Kier molecular flexibility index (Phi) is 3.88. The Bertz CT molecular complexity index is 636. The molecule has 0 saturated heterocycles. The SMILES string of the molecule is CCC1=C(OC(C)C)C=c2cnn(C(C)=O)c2=CC1. The van der Waals surface area contributed by atoms with Gasteiger partial charge in [-0.2, -0.15) is 5.10 Å². The van der Waals surface area contributed by atoms with Gasteiger partial charge >= 0.3 is 0 Å². The highest BCUT2D eigenvalue weighted by Crippen LogP contribution is 2.18. The molecule has 0 atom stereocenters. The molecule has 4 nitrogen and oxygen atoms in total. The summed E-state index contributed by atoms with van der Waals surface area (Å²) >= 11 is 0. The van der Waals surface area contributed by atoms with Crippen molar-refractivity contribution >= 4 is 18.1 Å². The average molecular weight is 260 g/mol. The fourth-order valence-electron chi connectivity index (χ4n) is 2.19. The maximum Gasteiger partial charge on any atom is 0.244 e. The van der Waals surface area contributed by atoms with E-state index in [1.807, 2.05) is 19.9 Å². The third-order valence-electron chi connectivity index (χ3n) is 3.10. The lowest BCUT2D eigenvalue weighted by Crippen LogP contribution is -2.32. The van der Waals surface area contributed by atoms with Crippen LogP contribution in [0.3, 0.4) is 0 Å². The highest BCUT2D eigenvalue weighted by molar-refractivity contribution is 5.75. The van der Waals surface area contributed by atoms with Crippen LogP contribution < -0.4 is 10.6 Å². The van der Waals surface area contributed by atoms with Gasteiger partial charge in [0.2, 0.25) is 5.91 Å². The van der Waals surface area contributed by atoms with Gasteiger partial charge in [0.15, 0.2) is 0 Å². The minimum absolute atomic E-state index is 0.0721. The molecule has 4 heteroatoms. The smallest absolute Gasteiger partial charge is 0.244 e. The van der Waals surface area contributed by atoms with Crippen molar-refractivity contribution in [2.45, 2.75) is 46.6 Å². The lowest BCUT2D eigenvalue weighted by molar-refractivity contribution is 0.0917. The van der Waals surface area contributed by atoms with Crippen molar-refractivity contribution in [3.05, 3.63) is 28.1 Å². The third-order valence-corrected chi connectivity index (χ3v) is 3.10. The van der Waals surface area contributed by atoms with E-state index in [0.717, 1.165) is 29.2 Å². The van der Waals surface area contributed by atoms with Gasteiger partial charge in [0.05, 0.1) is 17.6 Å². The lowest BCUT2D eigenvalue weighted by atomic mass is 10.1. The number of hydrogen-bond donors (Lipinski definition) is 0. The summed E-state index contributed by atoms with van der Waals surface area (Å²) in [6.07, 6.45) is 7.63. The summed E-state index contributed by atoms with van der Waals surface area (Å²) in [4.78, 5) is 11.5. The molecule has 1 aromatic rings. The summed E-state index contributed by atoms with van der Waals surface area (Å²) in [5.41, 5.74) is 1.25. The van der Waals surface area contributed by atoms with E-state index in [1.165, 1.54) is 17.2 Å². The minimum Gasteiger partial charge on any atom is -0.491 e. The normalized spacial score (nSPS) is 14.6. The second-order valence-electron chi connectivity index (χ2n) is 4.96. The molecule has 19 heavy (non-hydrogen) atoms. The Morgan fingerprint density at radius 3 is 2.84 bits per heavy atom.